The van der Waals surface area contributed by atoms with E-state index in [4.69, 9.17) is 5.73 Å². The van der Waals surface area contributed by atoms with E-state index in [1.54, 1.807) is 14.1 Å². The zero-order valence-electron chi connectivity index (χ0n) is 13.5. The Morgan fingerprint density at radius 3 is 2.33 bits per heavy atom. The average Bonchev–Trinajstić information content (AvgIpc) is 2.39. The van der Waals surface area contributed by atoms with Crippen LogP contribution >= 0.6 is 0 Å². The first kappa shape index (κ1) is 17.2. The number of amides is 1. The molecule has 0 aliphatic carbocycles. The Balaban J connectivity index is 3.05. The Bertz CT molecular complexity index is 652. The molecule has 7 heteroatoms. The van der Waals surface area contributed by atoms with Crippen molar-refractivity contribution in [3.63, 3.8) is 0 Å². The Hall–Kier alpha value is -1.89. The van der Waals surface area contributed by atoms with E-state index >= 15 is 0 Å². The van der Waals surface area contributed by atoms with E-state index in [1.165, 1.54) is 22.7 Å². The van der Waals surface area contributed by atoms with Gasteiger partial charge in [0.05, 0.1) is 18.2 Å². The molecule has 0 aliphatic rings. The fourth-order valence-corrected chi connectivity index (χ4v) is 1.93. The minimum atomic E-state index is -0.654. The number of nitrogens with two attached hydrogens (primary N) is 1. The van der Waals surface area contributed by atoms with Crippen LogP contribution in [0.3, 0.4) is 0 Å². The molecule has 0 fully saturated rings. The Labute approximate surface area is 124 Å². The Morgan fingerprint density at radius 2 is 1.86 bits per heavy atom. The largest absolute Gasteiger partial charge is 0.340 e. The molecule has 0 saturated carbocycles. The standard InChI is InChI=1S/C14H24N4O3/c1-14(2,3)10(15)12(20)16(4)7-9-8-17(5)13(21)18(6)11(9)19/h8,10H,7,15H2,1-6H3/t10-/m0/s1. The molecule has 7 nitrogen and oxygen atoms in total. The molecule has 118 valence electrons. The predicted octanol–water partition coefficient (Wildman–Crippen LogP) is -0.584. The summed E-state index contributed by atoms with van der Waals surface area (Å²) in [5.41, 5.74) is 5.15. The van der Waals surface area contributed by atoms with E-state index in [0.29, 0.717) is 5.56 Å². The molecule has 1 amide bonds. The molecule has 1 aromatic rings. The van der Waals surface area contributed by atoms with Crippen molar-refractivity contribution >= 4 is 5.91 Å². The maximum Gasteiger partial charge on any atom is 0.330 e. The topological polar surface area (TPSA) is 90.3 Å². The van der Waals surface area contributed by atoms with Gasteiger partial charge in [0.15, 0.2) is 0 Å². The normalized spacial score (nSPS) is 13.1. The highest BCUT2D eigenvalue weighted by Gasteiger charge is 2.30. The first-order valence-corrected chi connectivity index (χ1v) is 6.73. The van der Waals surface area contributed by atoms with Crippen LogP contribution in [0.1, 0.15) is 26.3 Å². The third kappa shape index (κ3) is 3.60. The van der Waals surface area contributed by atoms with Crippen molar-refractivity contribution in [2.24, 2.45) is 25.2 Å². The van der Waals surface area contributed by atoms with Crippen LogP contribution in [0.4, 0.5) is 0 Å². The molecule has 21 heavy (non-hydrogen) atoms. The van der Waals surface area contributed by atoms with Crippen molar-refractivity contribution in [3.8, 4) is 0 Å². The monoisotopic (exact) mass is 296 g/mol. The minimum absolute atomic E-state index is 0.114. The number of hydrogen-bond donors (Lipinski definition) is 1. The minimum Gasteiger partial charge on any atom is -0.340 e. The molecular weight excluding hydrogens is 272 g/mol. The average molecular weight is 296 g/mol. The molecule has 1 rings (SSSR count). The predicted molar refractivity (Wildman–Crippen MR) is 80.8 cm³/mol. The van der Waals surface area contributed by atoms with Crippen molar-refractivity contribution in [1.82, 2.24) is 14.0 Å². The number of aryl methyl sites for hydroxylation is 1. The molecule has 0 bridgehead atoms. The quantitative estimate of drug-likeness (QED) is 0.807. The summed E-state index contributed by atoms with van der Waals surface area (Å²) in [7, 11) is 4.57. The van der Waals surface area contributed by atoms with Gasteiger partial charge in [-0.3, -0.25) is 14.2 Å². The molecule has 0 saturated heterocycles. The molecule has 0 radical (unpaired) electrons. The van der Waals surface area contributed by atoms with Crippen molar-refractivity contribution in [1.29, 1.82) is 0 Å². The van der Waals surface area contributed by atoms with Gasteiger partial charge in [0.25, 0.3) is 5.56 Å². The molecule has 0 aliphatic heterocycles. The van der Waals surface area contributed by atoms with Crippen LogP contribution in [0.5, 0.6) is 0 Å². The van der Waals surface area contributed by atoms with Crippen molar-refractivity contribution in [2.45, 2.75) is 33.4 Å². The van der Waals surface area contributed by atoms with E-state index in [-0.39, 0.29) is 17.9 Å². The maximum atomic E-state index is 12.3. The first-order chi connectivity index (χ1) is 9.46. The molecule has 1 aromatic heterocycles. The lowest BCUT2D eigenvalue weighted by molar-refractivity contribution is -0.134. The lowest BCUT2D eigenvalue weighted by atomic mass is 9.86. The van der Waals surface area contributed by atoms with Gasteiger partial charge in [-0.15, -0.1) is 0 Å². The van der Waals surface area contributed by atoms with E-state index in [2.05, 4.69) is 0 Å². The molecule has 0 spiro atoms. The number of carbonyl (C=O) groups excluding carboxylic acids is 1. The summed E-state index contributed by atoms with van der Waals surface area (Å²) in [4.78, 5) is 37.4. The van der Waals surface area contributed by atoms with Crippen LogP contribution in [0.15, 0.2) is 15.8 Å². The van der Waals surface area contributed by atoms with E-state index in [0.717, 1.165) is 4.57 Å². The summed E-state index contributed by atoms with van der Waals surface area (Å²) >= 11 is 0. The van der Waals surface area contributed by atoms with Gasteiger partial charge in [0.2, 0.25) is 5.91 Å². The van der Waals surface area contributed by atoms with Crippen LogP contribution in [-0.2, 0) is 25.4 Å². The van der Waals surface area contributed by atoms with Gasteiger partial charge >= 0.3 is 5.69 Å². The molecule has 1 atom stereocenters. The van der Waals surface area contributed by atoms with Crippen LogP contribution in [-0.4, -0.2) is 33.0 Å². The SMILES string of the molecule is CN(Cc1cn(C)c(=O)n(C)c1=O)C(=O)[C@H](N)C(C)(C)C. The summed E-state index contributed by atoms with van der Waals surface area (Å²) in [6, 6.07) is -0.654. The second-order valence-corrected chi connectivity index (χ2v) is 6.45. The van der Waals surface area contributed by atoms with E-state index < -0.39 is 17.3 Å². The number of rotatable bonds is 3. The highest BCUT2D eigenvalue weighted by Crippen LogP contribution is 2.19. The van der Waals surface area contributed by atoms with Gasteiger partial charge in [-0.25, -0.2) is 4.79 Å². The number of aromatic nitrogens is 2. The number of carbonyl (C=O) groups is 1. The second kappa shape index (κ2) is 5.85. The smallest absolute Gasteiger partial charge is 0.330 e. The second-order valence-electron chi connectivity index (χ2n) is 6.45. The van der Waals surface area contributed by atoms with Crippen LogP contribution in [0.2, 0.25) is 0 Å². The lowest BCUT2D eigenvalue weighted by Crippen LogP contribution is -2.49. The highest BCUT2D eigenvalue weighted by molar-refractivity contribution is 5.82. The molecule has 1 heterocycles. The van der Waals surface area contributed by atoms with Crippen molar-refractivity contribution < 1.29 is 4.79 Å². The van der Waals surface area contributed by atoms with Gasteiger partial charge < -0.3 is 15.2 Å². The summed E-state index contributed by atoms with van der Waals surface area (Å²) in [6.07, 6.45) is 1.46. The zero-order chi connectivity index (χ0) is 16.5. The van der Waals surface area contributed by atoms with E-state index in [1.807, 2.05) is 20.8 Å². The van der Waals surface area contributed by atoms with Gasteiger partial charge in [0, 0.05) is 27.3 Å². The first-order valence-electron chi connectivity index (χ1n) is 6.73. The zero-order valence-corrected chi connectivity index (χ0v) is 13.5. The number of hydrogen-bond acceptors (Lipinski definition) is 4. The summed E-state index contributed by atoms with van der Waals surface area (Å²) < 4.78 is 2.34. The molecule has 0 unspecified atom stereocenters. The van der Waals surface area contributed by atoms with Crippen molar-refractivity contribution in [2.75, 3.05) is 7.05 Å². The van der Waals surface area contributed by atoms with Gasteiger partial charge in [-0.1, -0.05) is 20.8 Å². The van der Waals surface area contributed by atoms with Crippen LogP contribution in [0, 0.1) is 5.41 Å². The number of likely N-dealkylation sites (N-methyl/N-ethyl adjacent to an activating group) is 1. The maximum absolute atomic E-state index is 12.3. The fraction of sp³-hybridized carbons (Fsp3) is 0.643. The van der Waals surface area contributed by atoms with Gasteiger partial charge in [-0.05, 0) is 5.41 Å². The van der Waals surface area contributed by atoms with Crippen LogP contribution < -0.4 is 17.0 Å². The summed E-state index contributed by atoms with van der Waals surface area (Å²) in [5, 5.41) is 0. The van der Waals surface area contributed by atoms with Gasteiger partial charge in [0.1, 0.15) is 0 Å². The summed E-state index contributed by atoms with van der Waals surface area (Å²) in [5.74, 6) is -0.238. The van der Waals surface area contributed by atoms with Crippen molar-refractivity contribution in [3.05, 3.63) is 32.6 Å². The van der Waals surface area contributed by atoms with Gasteiger partial charge in [-0.2, -0.15) is 0 Å². The fourth-order valence-electron chi connectivity index (χ4n) is 1.93. The third-order valence-corrected chi connectivity index (χ3v) is 3.50. The summed E-state index contributed by atoms with van der Waals surface area (Å²) in [6.45, 7) is 5.77. The number of nitrogens with zero attached hydrogens (tertiary/aromatic N) is 3. The van der Waals surface area contributed by atoms with E-state index in [9.17, 15) is 14.4 Å². The van der Waals surface area contributed by atoms with Crippen LogP contribution in [0.25, 0.3) is 0 Å². The molecule has 2 N–H and O–H groups in total. The highest BCUT2D eigenvalue weighted by atomic mass is 16.2. The molecular formula is C14H24N4O3. The lowest BCUT2D eigenvalue weighted by Gasteiger charge is -2.30. The Morgan fingerprint density at radius 1 is 1.33 bits per heavy atom. The third-order valence-electron chi connectivity index (χ3n) is 3.50. The Kier molecular flexibility index (Phi) is 4.78. The molecule has 0 aromatic carbocycles.